The van der Waals surface area contributed by atoms with Crippen molar-refractivity contribution < 1.29 is 24.2 Å². The Labute approximate surface area is 226 Å². The van der Waals surface area contributed by atoms with Crippen molar-refractivity contribution in [3.05, 3.63) is 98.5 Å². The Hall–Kier alpha value is -3.06. The van der Waals surface area contributed by atoms with Crippen LogP contribution in [0.3, 0.4) is 0 Å². The van der Waals surface area contributed by atoms with Crippen LogP contribution in [-0.4, -0.2) is 30.2 Å². The van der Waals surface area contributed by atoms with Gasteiger partial charge in [0.05, 0.1) is 10.6 Å². The summed E-state index contributed by atoms with van der Waals surface area (Å²) in [7, 11) is 0. The van der Waals surface area contributed by atoms with Gasteiger partial charge in [0.1, 0.15) is 12.4 Å². The second kappa shape index (κ2) is 12.0. The number of aryl methyl sites for hydroxylation is 2. The fourth-order valence-electron chi connectivity index (χ4n) is 4.57. The fraction of sp³-hybridized carbons (Fsp3) is 0.310. The van der Waals surface area contributed by atoms with Crippen molar-refractivity contribution in [2.45, 2.75) is 44.8 Å². The molecule has 0 aliphatic carbocycles. The van der Waals surface area contributed by atoms with Crippen LogP contribution in [0, 0.1) is 6.92 Å². The predicted molar refractivity (Wildman–Crippen MR) is 144 cm³/mol. The molecule has 4 rings (SSSR count). The van der Waals surface area contributed by atoms with Crippen LogP contribution >= 0.6 is 23.2 Å². The first-order chi connectivity index (χ1) is 17.8. The number of carboxylic acid groups (broad SMARTS) is 1. The number of hydrogen-bond acceptors (Lipinski definition) is 4. The minimum absolute atomic E-state index is 0.0783. The van der Waals surface area contributed by atoms with E-state index in [4.69, 9.17) is 32.7 Å². The molecule has 0 spiro atoms. The summed E-state index contributed by atoms with van der Waals surface area (Å²) in [6, 6.07) is 18.5. The second-order valence-corrected chi connectivity index (χ2v) is 10.1. The number of rotatable bonds is 9. The molecule has 0 atom stereocenters. The van der Waals surface area contributed by atoms with Gasteiger partial charge in [-0.25, -0.2) is 0 Å². The predicted octanol–water partition coefficient (Wildman–Crippen LogP) is 6.33. The highest BCUT2D eigenvalue weighted by Gasteiger charge is 2.36. The van der Waals surface area contributed by atoms with Gasteiger partial charge in [0.2, 0.25) is 0 Å². The molecular weight excluding hydrogens is 513 g/mol. The molecule has 3 aromatic carbocycles. The molecule has 1 saturated heterocycles. The van der Waals surface area contributed by atoms with Gasteiger partial charge in [-0.1, -0.05) is 65.2 Å². The summed E-state index contributed by atoms with van der Waals surface area (Å²) in [6.45, 7) is 3.26. The lowest BCUT2D eigenvalue weighted by atomic mass is 9.81. The van der Waals surface area contributed by atoms with Gasteiger partial charge in [-0.15, -0.1) is 0 Å². The summed E-state index contributed by atoms with van der Waals surface area (Å²) in [4.78, 5) is 25.1. The summed E-state index contributed by atoms with van der Waals surface area (Å²) >= 11 is 12.3. The Morgan fingerprint density at radius 2 is 1.84 bits per heavy atom. The molecule has 0 radical (unpaired) electrons. The van der Waals surface area contributed by atoms with Crippen molar-refractivity contribution in [3.63, 3.8) is 0 Å². The van der Waals surface area contributed by atoms with E-state index in [0.717, 1.165) is 16.7 Å². The van der Waals surface area contributed by atoms with Crippen LogP contribution in [0.15, 0.2) is 60.7 Å². The molecule has 6 nitrogen and oxygen atoms in total. The molecule has 0 bridgehead atoms. The van der Waals surface area contributed by atoms with E-state index < -0.39 is 11.5 Å². The number of nitrogens with one attached hydrogen (secondary N) is 1. The van der Waals surface area contributed by atoms with Crippen LogP contribution in [0.5, 0.6) is 5.75 Å². The summed E-state index contributed by atoms with van der Waals surface area (Å²) in [5.74, 6) is -0.739. The highest BCUT2D eigenvalue weighted by Crippen LogP contribution is 2.34. The third-order valence-electron chi connectivity index (χ3n) is 6.58. The lowest BCUT2D eigenvalue weighted by Crippen LogP contribution is -2.49. The number of benzene rings is 3. The van der Waals surface area contributed by atoms with Crippen molar-refractivity contribution in [2.24, 2.45) is 0 Å². The molecule has 2 N–H and O–H groups in total. The maximum atomic E-state index is 13.8. The average molecular weight is 542 g/mol. The molecule has 1 fully saturated rings. The minimum Gasteiger partial charge on any atom is -0.487 e. The van der Waals surface area contributed by atoms with Gasteiger partial charge in [-0.3, -0.25) is 9.59 Å². The topological polar surface area (TPSA) is 84.9 Å². The third kappa shape index (κ3) is 6.83. The first-order valence-corrected chi connectivity index (χ1v) is 12.9. The Balaban J connectivity index is 1.63. The minimum atomic E-state index is -0.921. The monoisotopic (exact) mass is 541 g/mol. The number of carboxylic acids is 1. The van der Waals surface area contributed by atoms with E-state index in [2.05, 4.69) is 11.4 Å². The number of halogens is 2. The summed E-state index contributed by atoms with van der Waals surface area (Å²) in [6.07, 6.45) is 1.44. The first-order valence-electron chi connectivity index (χ1n) is 12.1. The van der Waals surface area contributed by atoms with Crippen LogP contribution in [-0.2, 0) is 28.1 Å². The summed E-state index contributed by atoms with van der Waals surface area (Å²) in [5.41, 5.74) is 3.40. The summed E-state index contributed by atoms with van der Waals surface area (Å²) in [5, 5.41) is 13.5. The molecule has 194 valence electrons. The quantitative estimate of drug-likeness (QED) is 0.330. The van der Waals surface area contributed by atoms with E-state index in [1.807, 2.05) is 31.2 Å². The van der Waals surface area contributed by atoms with Gasteiger partial charge in [-0.05, 0) is 61.1 Å². The smallest absolute Gasteiger partial charge is 0.303 e. The molecule has 0 saturated carbocycles. The van der Waals surface area contributed by atoms with Crippen molar-refractivity contribution >= 4 is 35.1 Å². The Bertz CT molecular complexity index is 1290. The molecule has 8 heteroatoms. The molecule has 1 aliphatic rings. The van der Waals surface area contributed by atoms with E-state index in [1.54, 1.807) is 30.3 Å². The molecule has 37 heavy (non-hydrogen) atoms. The van der Waals surface area contributed by atoms with Gasteiger partial charge in [0.25, 0.3) is 5.91 Å². The second-order valence-electron chi connectivity index (χ2n) is 9.27. The fourth-order valence-corrected chi connectivity index (χ4v) is 4.90. The maximum Gasteiger partial charge on any atom is 0.303 e. The number of hydrogen-bond donors (Lipinski definition) is 2. The van der Waals surface area contributed by atoms with Crippen LogP contribution in [0.4, 0.5) is 0 Å². The zero-order chi connectivity index (χ0) is 26.4. The number of carbonyl (C=O) groups excluding carboxylic acids is 1. The van der Waals surface area contributed by atoms with Gasteiger partial charge in [0.15, 0.2) is 0 Å². The van der Waals surface area contributed by atoms with Crippen molar-refractivity contribution in [2.75, 3.05) is 13.2 Å². The number of aliphatic carboxylic acids is 1. The zero-order valence-corrected chi connectivity index (χ0v) is 22.1. The highest BCUT2D eigenvalue weighted by molar-refractivity contribution is 6.34. The van der Waals surface area contributed by atoms with Crippen LogP contribution in [0.1, 0.15) is 51.9 Å². The Morgan fingerprint density at radius 1 is 1.05 bits per heavy atom. The lowest BCUT2D eigenvalue weighted by Gasteiger charge is -2.39. The number of amides is 1. The van der Waals surface area contributed by atoms with E-state index in [-0.39, 0.29) is 25.4 Å². The molecule has 3 aromatic rings. The average Bonchev–Trinajstić information content (AvgIpc) is 2.88. The van der Waals surface area contributed by atoms with Crippen LogP contribution in [0.2, 0.25) is 10.0 Å². The highest BCUT2D eigenvalue weighted by atomic mass is 35.5. The number of ether oxygens (including phenoxy) is 2. The van der Waals surface area contributed by atoms with Crippen molar-refractivity contribution in [1.82, 2.24) is 5.32 Å². The maximum absolute atomic E-state index is 13.8. The largest absolute Gasteiger partial charge is 0.487 e. The van der Waals surface area contributed by atoms with Crippen molar-refractivity contribution in [1.29, 1.82) is 0 Å². The molecular formula is C29H29Cl2NO5. The zero-order valence-electron chi connectivity index (χ0n) is 20.6. The molecule has 0 unspecified atom stereocenters. The van der Waals surface area contributed by atoms with E-state index >= 15 is 0 Å². The molecule has 0 aromatic heterocycles. The number of carbonyl (C=O) groups is 2. The van der Waals surface area contributed by atoms with Crippen LogP contribution in [0.25, 0.3) is 0 Å². The first kappa shape index (κ1) is 27.0. The third-order valence-corrected chi connectivity index (χ3v) is 7.13. The SMILES string of the molecule is Cc1cccc(C2(NC(=O)c3cc(COc4cc(Cl)ccc4Cl)ccc3CCC(=O)O)CCOCC2)c1. The van der Waals surface area contributed by atoms with E-state index in [9.17, 15) is 14.7 Å². The van der Waals surface area contributed by atoms with Crippen LogP contribution < -0.4 is 10.1 Å². The Kier molecular flexibility index (Phi) is 8.75. The van der Waals surface area contributed by atoms with Gasteiger partial charge in [0, 0.05) is 36.3 Å². The van der Waals surface area contributed by atoms with Gasteiger partial charge in [-0.2, -0.15) is 0 Å². The normalized spacial score (nSPS) is 14.7. The van der Waals surface area contributed by atoms with Gasteiger partial charge < -0.3 is 19.9 Å². The van der Waals surface area contributed by atoms with Gasteiger partial charge >= 0.3 is 5.97 Å². The standard InChI is InChI=1S/C29H29Cl2NO5/c1-19-3-2-4-22(15-19)29(11-13-36-14-12-29)32-28(35)24-16-20(5-6-21(24)7-10-27(33)34)18-37-26-17-23(30)8-9-25(26)31/h2-6,8-9,15-17H,7,10-14,18H2,1H3,(H,32,35)(H,33,34). The van der Waals surface area contributed by atoms with E-state index in [0.29, 0.717) is 53.0 Å². The lowest BCUT2D eigenvalue weighted by molar-refractivity contribution is -0.136. The molecule has 1 amide bonds. The summed E-state index contributed by atoms with van der Waals surface area (Å²) < 4.78 is 11.5. The van der Waals surface area contributed by atoms with Crippen molar-refractivity contribution in [3.8, 4) is 5.75 Å². The molecule has 1 aliphatic heterocycles. The molecule has 1 heterocycles. The van der Waals surface area contributed by atoms with E-state index in [1.165, 1.54) is 0 Å². The Morgan fingerprint density at radius 3 is 2.57 bits per heavy atom.